The van der Waals surface area contributed by atoms with E-state index in [1.165, 1.54) is 5.56 Å². The van der Waals surface area contributed by atoms with Gasteiger partial charge in [0.1, 0.15) is 5.69 Å². The highest BCUT2D eigenvalue weighted by Gasteiger charge is 2.32. The first kappa shape index (κ1) is 21.4. The number of carbonyl (C=O) groups excluding carboxylic acids is 2. The third-order valence-corrected chi connectivity index (χ3v) is 6.62. The molecule has 0 bridgehead atoms. The molecule has 0 radical (unpaired) electrons. The zero-order valence-electron chi connectivity index (χ0n) is 19.3. The lowest BCUT2D eigenvalue weighted by Gasteiger charge is -2.34. The summed E-state index contributed by atoms with van der Waals surface area (Å²) in [5, 5.41) is 4.77. The third kappa shape index (κ3) is 4.42. The zero-order valence-corrected chi connectivity index (χ0v) is 19.3. The molecule has 2 aliphatic rings. The van der Waals surface area contributed by atoms with E-state index in [9.17, 15) is 9.59 Å². The molecule has 0 N–H and O–H groups in total. The SMILES string of the molecule is CC(C)c1ccc(C(=O)N2CCN(C(=O)c3cc(C4CC4)nn3-c3ccccc3)CC2)cc1. The molecule has 2 amide bonds. The maximum absolute atomic E-state index is 13.5. The van der Waals surface area contributed by atoms with Crippen molar-refractivity contribution in [2.45, 2.75) is 38.5 Å². The molecule has 0 unspecified atom stereocenters. The van der Waals surface area contributed by atoms with Gasteiger partial charge in [0.15, 0.2) is 0 Å². The lowest BCUT2D eigenvalue weighted by Crippen LogP contribution is -2.50. The van der Waals surface area contributed by atoms with Crippen LogP contribution in [-0.2, 0) is 0 Å². The predicted octanol–water partition coefficient (Wildman–Crippen LogP) is 4.47. The normalized spacial score (nSPS) is 16.3. The standard InChI is InChI=1S/C27H30N4O2/c1-19(2)20-8-12-22(13-9-20)26(32)29-14-16-30(17-15-29)27(33)25-18-24(21-10-11-21)28-31(25)23-6-4-3-5-7-23/h3-9,12-13,18-19,21H,10-11,14-17H2,1-2H3. The van der Waals surface area contributed by atoms with Crippen LogP contribution in [0.2, 0.25) is 0 Å². The fourth-order valence-electron chi connectivity index (χ4n) is 4.36. The Labute approximate surface area is 194 Å². The maximum atomic E-state index is 13.5. The van der Waals surface area contributed by atoms with E-state index in [4.69, 9.17) is 5.10 Å². The van der Waals surface area contributed by atoms with Crippen LogP contribution < -0.4 is 0 Å². The molecular weight excluding hydrogens is 412 g/mol. The first-order valence-corrected chi connectivity index (χ1v) is 11.8. The highest BCUT2D eigenvalue weighted by Crippen LogP contribution is 2.40. The molecule has 170 valence electrons. The van der Waals surface area contributed by atoms with E-state index in [-0.39, 0.29) is 11.8 Å². The number of hydrogen-bond donors (Lipinski definition) is 0. The van der Waals surface area contributed by atoms with Crippen LogP contribution in [0.15, 0.2) is 60.7 Å². The van der Waals surface area contributed by atoms with Crippen molar-refractivity contribution < 1.29 is 9.59 Å². The Morgan fingerprint density at radius 2 is 1.45 bits per heavy atom. The van der Waals surface area contributed by atoms with Gasteiger partial charge in [0.25, 0.3) is 11.8 Å². The summed E-state index contributed by atoms with van der Waals surface area (Å²) in [6, 6.07) is 19.7. The zero-order chi connectivity index (χ0) is 22.9. The minimum atomic E-state index is -0.0216. The smallest absolute Gasteiger partial charge is 0.272 e. The fourth-order valence-corrected chi connectivity index (χ4v) is 4.36. The third-order valence-electron chi connectivity index (χ3n) is 6.62. The second kappa shape index (κ2) is 8.85. The van der Waals surface area contributed by atoms with Crippen molar-refractivity contribution >= 4 is 11.8 Å². The molecule has 0 atom stereocenters. The van der Waals surface area contributed by atoms with Crippen LogP contribution in [0.4, 0.5) is 0 Å². The van der Waals surface area contributed by atoms with E-state index >= 15 is 0 Å². The molecule has 3 aromatic rings. The van der Waals surface area contributed by atoms with Gasteiger partial charge in [0.05, 0.1) is 11.4 Å². The van der Waals surface area contributed by atoms with E-state index in [0.29, 0.717) is 49.3 Å². The van der Waals surface area contributed by atoms with Crippen LogP contribution >= 0.6 is 0 Å². The number of rotatable bonds is 5. The van der Waals surface area contributed by atoms with Crippen LogP contribution in [0.1, 0.15) is 70.6 Å². The average Bonchev–Trinajstić information content (AvgIpc) is 3.62. The molecule has 6 nitrogen and oxygen atoms in total. The second-order valence-electron chi connectivity index (χ2n) is 9.34. The summed E-state index contributed by atoms with van der Waals surface area (Å²) in [7, 11) is 0. The Balaban J connectivity index is 1.29. The van der Waals surface area contributed by atoms with Crippen LogP contribution in [0.5, 0.6) is 0 Å². The lowest BCUT2D eigenvalue weighted by molar-refractivity contribution is 0.0530. The topological polar surface area (TPSA) is 58.4 Å². The number of hydrogen-bond acceptors (Lipinski definition) is 3. The van der Waals surface area contributed by atoms with Gasteiger partial charge in [-0.1, -0.05) is 44.2 Å². The van der Waals surface area contributed by atoms with Crippen molar-refractivity contribution in [2.75, 3.05) is 26.2 Å². The van der Waals surface area contributed by atoms with Gasteiger partial charge in [-0.25, -0.2) is 4.68 Å². The Bertz CT molecular complexity index is 1140. The molecule has 2 heterocycles. The quantitative estimate of drug-likeness (QED) is 0.586. The largest absolute Gasteiger partial charge is 0.335 e. The van der Waals surface area contributed by atoms with Crippen molar-refractivity contribution in [3.05, 3.63) is 83.2 Å². The molecule has 5 rings (SSSR count). The summed E-state index contributed by atoms with van der Waals surface area (Å²) in [5.41, 5.74) is 4.43. The highest BCUT2D eigenvalue weighted by molar-refractivity contribution is 5.95. The van der Waals surface area contributed by atoms with Crippen LogP contribution in [0.25, 0.3) is 5.69 Å². The van der Waals surface area contributed by atoms with Gasteiger partial charge in [-0.15, -0.1) is 0 Å². The number of nitrogens with zero attached hydrogens (tertiary/aromatic N) is 4. The Morgan fingerprint density at radius 3 is 2.03 bits per heavy atom. The minimum Gasteiger partial charge on any atom is -0.335 e. The van der Waals surface area contributed by atoms with Gasteiger partial charge < -0.3 is 9.80 Å². The molecule has 2 aromatic carbocycles. The van der Waals surface area contributed by atoms with E-state index in [0.717, 1.165) is 24.2 Å². The molecule has 2 fully saturated rings. The number of aromatic nitrogens is 2. The Hall–Kier alpha value is -3.41. The second-order valence-corrected chi connectivity index (χ2v) is 9.34. The van der Waals surface area contributed by atoms with E-state index in [1.807, 2.05) is 70.5 Å². The number of carbonyl (C=O) groups is 2. The van der Waals surface area contributed by atoms with Gasteiger partial charge in [-0.2, -0.15) is 5.10 Å². The Kier molecular flexibility index (Phi) is 5.75. The van der Waals surface area contributed by atoms with Crippen LogP contribution in [0.3, 0.4) is 0 Å². The fraction of sp³-hybridized carbons (Fsp3) is 0.370. The number of para-hydroxylation sites is 1. The monoisotopic (exact) mass is 442 g/mol. The highest BCUT2D eigenvalue weighted by atomic mass is 16.2. The molecule has 0 spiro atoms. The molecular formula is C27H30N4O2. The Morgan fingerprint density at radius 1 is 0.848 bits per heavy atom. The van der Waals surface area contributed by atoms with E-state index in [2.05, 4.69) is 13.8 Å². The lowest BCUT2D eigenvalue weighted by atomic mass is 10.0. The van der Waals surface area contributed by atoms with Crippen molar-refractivity contribution in [2.24, 2.45) is 0 Å². The van der Waals surface area contributed by atoms with Crippen molar-refractivity contribution in [1.82, 2.24) is 19.6 Å². The van der Waals surface area contributed by atoms with E-state index < -0.39 is 0 Å². The van der Waals surface area contributed by atoms with Gasteiger partial charge >= 0.3 is 0 Å². The molecule has 1 aromatic heterocycles. The van der Waals surface area contributed by atoms with Gasteiger partial charge in [0.2, 0.25) is 0 Å². The molecule has 1 saturated carbocycles. The van der Waals surface area contributed by atoms with Gasteiger partial charge in [0, 0.05) is 37.7 Å². The van der Waals surface area contributed by atoms with E-state index in [1.54, 1.807) is 4.68 Å². The maximum Gasteiger partial charge on any atom is 0.272 e. The summed E-state index contributed by atoms with van der Waals surface area (Å²) in [4.78, 5) is 30.1. The molecule has 33 heavy (non-hydrogen) atoms. The molecule has 1 aliphatic heterocycles. The molecule has 1 saturated heterocycles. The first-order chi connectivity index (χ1) is 16.0. The summed E-state index contributed by atoms with van der Waals surface area (Å²) < 4.78 is 1.78. The molecule has 6 heteroatoms. The van der Waals surface area contributed by atoms with Crippen LogP contribution in [-0.4, -0.2) is 57.6 Å². The number of benzene rings is 2. The predicted molar refractivity (Wildman–Crippen MR) is 128 cm³/mol. The number of piperazine rings is 1. The minimum absolute atomic E-state index is 0.0216. The summed E-state index contributed by atoms with van der Waals surface area (Å²) in [6.45, 7) is 6.40. The van der Waals surface area contributed by atoms with Crippen molar-refractivity contribution in [3.63, 3.8) is 0 Å². The first-order valence-electron chi connectivity index (χ1n) is 11.8. The van der Waals surface area contributed by atoms with Gasteiger partial charge in [-0.3, -0.25) is 9.59 Å². The average molecular weight is 443 g/mol. The summed E-state index contributed by atoms with van der Waals surface area (Å²) >= 11 is 0. The van der Waals surface area contributed by atoms with Gasteiger partial charge in [-0.05, 0) is 54.7 Å². The van der Waals surface area contributed by atoms with Crippen molar-refractivity contribution in [3.8, 4) is 5.69 Å². The summed E-state index contributed by atoms with van der Waals surface area (Å²) in [5.74, 6) is 0.918. The van der Waals surface area contributed by atoms with Crippen molar-refractivity contribution in [1.29, 1.82) is 0 Å². The summed E-state index contributed by atoms with van der Waals surface area (Å²) in [6.07, 6.45) is 2.27. The van der Waals surface area contributed by atoms with Crippen LogP contribution in [0, 0.1) is 0 Å². The number of amides is 2. The molecule has 1 aliphatic carbocycles.